The van der Waals surface area contributed by atoms with Crippen LogP contribution in [0.4, 0.5) is 10.7 Å². The van der Waals surface area contributed by atoms with Gasteiger partial charge in [-0.2, -0.15) is 0 Å². The minimum atomic E-state index is -0.175. The van der Waals surface area contributed by atoms with Crippen molar-refractivity contribution < 1.29 is 9.53 Å². The molecule has 1 fully saturated rings. The number of carbonyl (C=O) groups is 1. The highest BCUT2D eigenvalue weighted by molar-refractivity contribution is 7.18. The summed E-state index contributed by atoms with van der Waals surface area (Å²) in [6.45, 7) is 9.76. The smallest absolute Gasteiger partial charge is 0.174 e. The molecule has 1 aromatic rings. The molecular formula is C14H22N2O2S. The minimum Gasteiger partial charge on any atom is -0.397 e. The maximum Gasteiger partial charge on any atom is 0.174 e. The normalized spacial score (nSPS) is 22.5. The van der Waals surface area contributed by atoms with Crippen LogP contribution in [0.3, 0.4) is 0 Å². The van der Waals surface area contributed by atoms with Crippen molar-refractivity contribution in [2.45, 2.75) is 45.8 Å². The highest BCUT2D eigenvalue weighted by atomic mass is 32.1. The Morgan fingerprint density at radius 2 is 2.32 bits per heavy atom. The summed E-state index contributed by atoms with van der Waals surface area (Å²) in [5.41, 5.74) is 6.38. The van der Waals surface area contributed by atoms with Crippen LogP contribution in [-0.2, 0) is 4.74 Å². The first-order valence-corrected chi connectivity index (χ1v) is 7.49. The highest BCUT2D eigenvalue weighted by Gasteiger charge is 2.32. The van der Waals surface area contributed by atoms with Gasteiger partial charge < -0.3 is 15.4 Å². The summed E-state index contributed by atoms with van der Waals surface area (Å²) in [4.78, 5) is 14.8. The number of nitrogen functional groups attached to an aromatic ring is 1. The van der Waals surface area contributed by atoms with E-state index < -0.39 is 0 Å². The molecule has 4 nitrogen and oxygen atoms in total. The number of morpholine rings is 1. The van der Waals surface area contributed by atoms with E-state index in [1.165, 1.54) is 11.3 Å². The zero-order valence-electron chi connectivity index (χ0n) is 12.0. The van der Waals surface area contributed by atoms with Crippen molar-refractivity contribution in [3.8, 4) is 0 Å². The van der Waals surface area contributed by atoms with Crippen molar-refractivity contribution in [1.29, 1.82) is 0 Å². The van der Waals surface area contributed by atoms with Gasteiger partial charge >= 0.3 is 0 Å². The zero-order chi connectivity index (χ0) is 14.2. The van der Waals surface area contributed by atoms with Crippen LogP contribution in [0.25, 0.3) is 0 Å². The lowest BCUT2D eigenvalue weighted by atomic mass is 10.1. The van der Waals surface area contributed by atoms with Gasteiger partial charge in [0, 0.05) is 19.5 Å². The molecule has 0 bridgehead atoms. The Kier molecular flexibility index (Phi) is 3.87. The van der Waals surface area contributed by atoms with Gasteiger partial charge in [0.15, 0.2) is 5.78 Å². The second-order valence-electron chi connectivity index (χ2n) is 5.71. The lowest BCUT2D eigenvalue weighted by molar-refractivity contribution is -0.0748. The number of anilines is 2. The van der Waals surface area contributed by atoms with E-state index in [0.29, 0.717) is 17.0 Å². The van der Waals surface area contributed by atoms with E-state index in [4.69, 9.17) is 10.5 Å². The predicted octanol–water partition coefficient (Wildman–Crippen LogP) is 2.93. The number of rotatable bonds is 3. The summed E-state index contributed by atoms with van der Waals surface area (Å²) < 4.78 is 5.90. The summed E-state index contributed by atoms with van der Waals surface area (Å²) in [5.74, 6) is 0.120. The number of ether oxygens (including phenoxy) is 1. The third-order valence-electron chi connectivity index (χ3n) is 3.20. The van der Waals surface area contributed by atoms with Crippen LogP contribution < -0.4 is 10.6 Å². The van der Waals surface area contributed by atoms with Crippen LogP contribution in [0.5, 0.6) is 0 Å². The Hall–Kier alpha value is -1.07. The molecule has 1 atom stereocenters. The van der Waals surface area contributed by atoms with E-state index in [0.717, 1.165) is 18.1 Å². The molecular weight excluding hydrogens is 260 g/mol. The van der Waals surface area contributed by atoms with Crippen LogP contribution in [0.15, 0.2) is 6.07 Å². The van der Waals surface area contributed by atoms with Gasteiger partial charge in [0.1, 0.15) is 0 Å². The Labute approximate surface area is 118 Å². The van der Waals surface area contributed by atoms with Gasteiger partial charge in [0.05, 0.1) is 27.3 Å². The number of hydrogen-bond acceptors (Lipinski definition) is 5. The first-order chi connectivity index (χ1) is 8.82. The third kappa shape index (κ3) is 3.09. The molecule has 1 aromatic heterocycles. The molecule has 5 heteroatoms. The van der Waals surface area contributed by atoms with Crippen molar-refractivity contribution in [3.63, 3.8) is 0 Å². The van der Waals surface area contributed by atoms with Crippen molar-refractivity contribution in [2.24, 2.45) is 0 Å². The molecule has 0 radical (unpaired) electrons. The summed E-state index contributed by atoms with van der Waals surface area (Å²) >= 11 is 1.50. The highest BCUT2D eigenvalue weighted by Crippen LogP contribution is 2.36. The largest absolute Gasteiger partial charge is 0.397 e. The average Bonchev–Trinajstić information content (AvgIpc) is 2.68. The van der Waals surface area contributed by atoms with Crippen LogP contribution in [0, 0.1) is 0 Å². The number of Topliss-reactive ketones (excluding diaryl/α,β-unsaturated/α-hetero) is 1. The lowest BCUT2D eigenvalue weighted by Gasteiger charge is -2.42. The molecule has 2 N–H and O–H groups in total. The molecule has 2 heterocycles. The average molecular weight is 282 g/mol. The molecule has 0 aliphatic carbocycles. The summed E-state index contributed by atoms with van der Waals surface area (Å²) in [6, 6.07) is 1.92. The van der Waals surface area contributed by atoms with E-state index in [2.05, 4.69) is 25.7 Å². The Morgan fingerprint density at radius 3 is 2.89 bits per heavy atom. The van der Waals surface area contributed by atoms with Crippen LogP contribution in [0.2, 0.25) is 0 Å². The van der Waals surface area contributed by atoms with E-state index in [1.807, 2.05) is 13.0 Å². The van der Waals surface area contributed by atoms with Crippen molar-refractivity contribution in [1.82, 2.24) is 0 Å². The van der Waals surface area contributed by atoms with Crippen LogP contribution in [0.1, 0.15) is 43.8 Å². The second-order valence-corrected chi connectivity index (χ2v) is 6.75. The molecule has 106 valence electrons. The van der Waals surface area contributed by atoms with Gasteiger partial charge in [-0.1, -0.05) is 6.92 Å². The van der Waals surface area contributed by atoms with Crippen molar-refractivity contribution in [2.75, 3.05) is 23.7 Å². The number of nitrogens with zero attached hydrogens (tertiary/aromatic N) is 1. The topological polar surface area (TPSA) is 55.6 Å². The summed E-state index contributed by atoms with van der Waals surface area (Å²) in [5, 5.41) is 1.07. The third-order valence-corrected chi connectivity index (χ3v) is 4.46. The van der Waals surface area contributed by atoms with Gasteiger partial charge in [-0.25, -0.2) is 0 Å². The Morgan fingerprint density at radius 1 is 1.63 bits per heavy atom. The standard InChI is InChI=1S/C14H22N2O2S/c1-5-11(17)13-10(15)6-12(19-13)16-7-9(2)18-14(3,4)8-16/h6,9H,5,7-8,15H2,1-4H3. The van der Waals surface area contributed by atoms with E-state index in [1.54, 1.807) is 0 Å². The lowest BCUT2D eigenvalue weighted by Crippen LogP contribution is -2.51. The number of ketones is 1. The number of carbonyl (C=O) groups excluding carboxylic acids is 1. The monoisotopic (exact) mass is 282 g/mol. The van der Waals surface area contributed by atoms with Gasteiger partial charge in [-0.15, -0.1) is 11.3 Å². The summed E-state index contributed by atoms with van der Waals surface area (Å²) in [6.07, 6.45) is 0.673. The molecule has 1 saturated heterocycles. The Bertz CT molecular complexity index is 482. The molecule has 0 aromatic carbocycles. The van der Waals surface area contributed by atoms with Gasteiger partial charge in [-0.3, -0.25) is 4.79 Å². The first-order valence-electron chi connectivity index (χ1n) is 6.67. The van der Waals surface area contributed by atoms with Crippen molar-refractivity contribution in [3.05, 3.63) is 10.9 Å². The number of hydrogen-bond donors (Lipinski definition) is 1. The zero-order valence-corrected chi connectivity index (χ0v) is 12.8. The maximum absolute atomic E-state index is 11.8. The number of nitrogens with two attached hydrogens (primary N) is 1. The Balaban J connectivity index is 2.25. The van der Waals surface area contributed by atoms with Gasteiger partial charge in [0.2, 0.25) is 0 Å². The fraction of sp³-hybridized carbons (Fsp3) is 0.643. The molecule has 0 spiro atoms. The van der Waals surface area contributed by atoms with Gasteiger partial charge in [-0.05, 0) is 26.8 Å². The minimum absolute atomic E-state index is 0.120. The van der Waals surface area contributed by atoms with E-state index >= 15 is 0 Å². The molecule has 19 heavy (non-hydrogen) atoms. The van der Waals surface area contributed by atoms with E-state index in [-0.39, 0.29) is 17.5 Å². The molecule has 0 amide bonds. The first kappa shape index (κ1) is 14.3. The number of thiophene rings is 1. The molecule has 0 saturated carbocycles. The quantitative estimate of drug-likeness (QED) is 0.866. The summed E-state index contributed by atoms with van der Waals surface area (Å²) in [7, 11) is 0. The van der Waals surface area contributed by atoms with Crippen molar-refractivity contribution >= 4 is 27.8 Å². The fourth-order valence-corrected chi connectivity index (χ4v) is 3.65. The van der Waals surface area contributed by atoms with Crippen LogP contribution in [-0.4, -0.2) is 30.6 Å². The molecule has 1 aliphatic rings. The molecule has 2 rings (SSSR count). The fourth-order valence-electron chi connectivity index (χ4n) is 2.55. The van der Waals surface area contributed by atoms with E-state index in [9.17, 15) is 4.79 Å². The van der Waals surface area contributed by atoms with Gasteiger partial charge in [0.25, 0.3) is 0 Å². The molecule has 1 unspecified atom stereocenters. The maximum atomic E-state index is 11.8. The van der Waals surface area contributed by atoms with Crippen LogP contribution >= 0.6 is 11.3 Å². The predicted molar refractivity (Wildman–Crippen MR) is 80.2 cm³/mol. The molecule has 1 aliphatic heterocycles. The second kappa shape index (κ2) is 5.13. The SMILES string of the molecule is CCC(=O)c1sc(N2CC(C)OC(C)(C)C2)cc1N.